The van der Waals surface area contributed by atoms with Crippen molar-refractivity contribution in [3.63, 3.8) is 0 Å². The highest BCUT2D eigenvalue weighted by Gasteiger charge is 2.12. The first kappa shape index (κ1) is 12.2. The highest BCUT2D eigenvalue weighted by atomic mass is 32.1. The van der Waals surface area contributed by atoms with Gasteiger partial charge in [-0.25, -0.2) is 4.68 Å². The summed E-state index contributed by atoms with van der Waals surface area (Å²) >= 11 is 1.58. The summed E-state index contributed by atoms with van der Waals surface area (Å²) in [5.41, 5.74) is 3.40. The van der Waals surface area contributed by atoms with E-state index in [2.05, 4.69) is 41.4 Å². The van der Waals surface area contributed by atoms with Gasteiger partial charge in [0, 0.05) is 12.2 Å². The second-order valence-electron chi connectivity index (χ2n) is 3.97. The Labute approximate surface area is 105 Å². The maximum Gasteiger partial charge on any atom is 0.233 e. The number of hydrogen-bond donors (Lipinski definition) is 1. The van der Waals surface area contributed by atoms with E-state index in [1.54, 1.807) is 11.3 Å². The zero-order valence-electron chi connectivity index (χ0n) is 10.6. The minimum atomic E-state index is 0.770. The fourth-order valence-corrected chi connectivity index (χ4v) is 2.35. The molecule has 0 amide bonds. The molecule has 0 aliphatic rings. The molecule has 0 aliphatic heterocycles. The lowest BCUT2D eigenvalue weighted by atomic mass is 10.2. The molecule has 92 valence electrons. The smallest absolute Gasteiger partial charge is 0.233 e. The molecule has 0 saturated heterocycles. The van der Waals surface area contributed by atoms with Gasteiger partial charge in [-0.05, 0) is 32.9 Å². The van der Waals surface area contributed by atoms with Crippen molar-refractivity contribution in [1.82, 2.24) is 25.3 Å². The molecule has 0 atom stereocenters. The van der Waals surface area contributed by atoms with Gasteiger partial charge in [-0.15, -0.1) is 10.2 Å². The van der Waals surface area contributed by atoms with E-state index in [0.717, 1.165) is 34.6 Å². The van der Waals surface area contributed by atoms with Crippen molar-refractivity contribution >= 4 is 11.3 Å². The monoisotopic (exact) mass is 251 g/mol. The highest BCUT2D eigenvalue weighted by Crippen LogP contribution is 2.19. The molecule has 1 N–H and O–H groups in total. The molecule has 0 bridgehead atoms. The summed E-state index contributed by atoms with van der Waals surface area (Å²) in [6.07, 6.45) is 0. The molecule has 2 aromatic heterocycles. The molecule has 5 nitrogen and oxygen atoms in total. The fraction of sp³-hybridized carbons (Fsp3) is 0.545. The third kappa shape index (κ3) is 2.37. The molecule has 0 spiro atoms. The predicted octanol–water partition coefficient (Wildman–Crippen LogP) is 1.76. The molecule has 2 aromatic rings. The Morgan fingerprint density at radius 3 is 2.59 bits per heavy atom. The number of nitrogens with one attached hydrogen (secondary N) is 1. The second kappa shape index (κ2) is 4.93. The number of aromatic nitrogens is 4. The number of aryl methyl sites for hydroxylation is 1. The Morgan fingerprint density at radius 1 is 1.24 bits per heavy atom. The van der Waals surface area contributed by atoms with Gasteiger partial charge >= 0.3 is 0 Å². The molecule has 0 saturated carbocycles. The van der Waals surface area contributed by atoms with E-state index in [1.807, 2.05) is 11.6 Å². The number of nitrogens with zero attached hydrogens (tertiary/aromatic N) is 4. The van der Waals surface area contributed by atoms with Crippen molar-refractivity contribution in [1.29, 1.82) is 0 Å². The van der Waals surface area contributed by atoms with E-state index in [-0.39, 0.29) is 0 Å². The van der Waals surface area contributed by atoms with E-state index < -0.39 is 0 Å². The van der Waals surface area contributed by atoms with E-state index in [0.29, 0.717) is 0 Å². The van der Waals surface area contributed by atoms with Crippen molar-refractivity contribution in [2.75, 3.05) is 6.54 Å². The minimum Gasteiger partial charge on any atom is -0.311 e. The SMILES string of the molecule is CCNCc1nnc(-n2nc(C)c(C)c2C)s1. The van der Waals surface area contributed by atoms with Crippen LogP contribution in [0.3, 0.4) is 0 Å². The van der Waals surface area contributed by atoms with Crippen LogP contribution in [0.15, 0.2) is 0 Å². The molecular weight excluding hydrogens is 234 g/mol. The summed E-state index contributed by atoms with van der Waals surface area (Å²) in [4.78, 5) is 0. The molecule has 6 heteroatoms. The van der Waals surface area contributed by atoms with Crippen molar-refractivity contribution in [3.05, 3.63) is 22.0 Å². The lowest BCUT2D eigenvalue weighted by molar-refractivity contribution is 0.713. The Morgan fingerprint density at radius 2 is 2.00 bits per heavy atom. The van der Waals surface area contributed by atoms with Gasteiger partial charge in [0.15, 0.2) is 0 Å². The van der Waals surface area contributed by atoms with Crippen LogP contribution in [0.5, 0.6) is 0 Å². The van der Waals surface area contributed by atoms with Crippen LogP contribution in [-0.2, 0) is 6.54 Å². The van der Waals surface area contributed by atoms with E-state index in [1.165, 1.54) is 5.56 Å². The standard InChI is InChI=1S/C11H17N5S/c1-5-12-6-10-13-14-11(17-10)16-9(4)7(2)8(3)15-16/h12H,5-6H2,1-4H3. The lowest BCUT2D eigenvalue weighted by Gasteiger charge is -1.97. The highest BCUT2D eigenvalue weighted by molar-refractivity contribution is 7.13. The van der Waals surface area contributed by atoms with E-state index >= 15 is 0 Å². The normalized spacial score (nSPS) is 11.1. The lowest BCUT2D eigenvalue weighted by Crippen LogP contribution is -2.11. The molecule has 0 unspecified atom stereocenters. The number of rotatable bonds is 4. The zero-order valence-corrected chi connectivity index (χ0v) is 11.4. The second-order valence-corrected chi connectivity index (χ2v) is 5.01. The van der Waals surface area contributed by atoms with Crippen LogP contribution in [-0.4, -0.2) is 26.5 Å². The topological polar surface area (TPSA) is 55.6 Å². The van der Waals surface area contributed by atoms with Crippen LogP contribution in [0.1, 0.15) is 28.9 Å². The Hall–Kier alpha value is -1.27. The van der Waals surface area contributed by atoms with Gasteiger partial charge in [0.1, 0.15) is 5.01 Å². The van der Waals surface area contributed by atoms with Gasteiger partial charge < -0.3 is 5.32 Å². The average molecular weight is 251 g/mol. The first-order valence-electron chi connectivity index (χ1n) is 5.69. The van der Waals surface area contributed by atoms with Crippen LogP contribution >= 0.6 is 11.3 Å². The Bertz CT molecular complexity index is 514. The van der Waals surface area contributed by atoms with Crippen LogP contribution in [0.25, 0.3) is 5.13 Å². The molecular formula is C11H17N5S. The van der Waals surface area contributed by atoms with Gasteiger partial charge in [-0.2, -0.15) is 5.10 Å². The maximum absolute atomic E-state index is 4.48. The first-order valence-corrected chi connectivity index (χ1v) is 6.51. The molecule has 0 aliphatic carbocycles. The third-order valence-corrected chi connectivity index (χ3v) is 3.72. The largest absolute Gasteiger partial charge is 0.311 e. The quantitative estimate of drug-likeness (QED) is 0.899. The fourth-order valence-electron chi connectivity index (χ4n) is 1.54. The molecule has 17 heavy (non-hydrogen) atoms. The summed E-state index contributed by atoms with van der Waals surface area (Å²) in [5.74, 6) is 0. The predicted molar refractivity (Wildman–Crippen MR) is 68.6 cm³/mol. The zero-order chi connectivity index (χ0) is 12.4. The third-order valence-electron chi connectivity index (χ3n) is 2.82. The number of hydrogen-bond acceptors (Lipinski definition) is 5. The van der Waals surface area contributed by atoms with Crippen LogP contribution in [0.4, 0.5) is 0 Å². The summed E-state index contributed by atoms with van der Waals surface area (Å²) in [7, 11) is 0. The average Bonchev–Trinajstić information content (AvgIpc) is 2.87. The molecule has 0 fully saturated rings. The summed E-state index contributed by atoms with van der Waals surface area (Å²) in [5, 5.41) is 17.9. The van der Waals surface area contributed by atoms with Crippen LogP contribution in [0, 0.1) is 20.8 Å². The van der Waals surface area contributed by atoms with Gasteiger partial charge in [0.25, 0.3) is 0 Å². The summed E-state index contributed by atoms with van der Waals surface area (Å²) in [6, 6.07) is 0. The molecule has 0 aromatic carbocycles. The van der Waals surface area contributed by atoms with Crippen molar-refractivity contribution in [2.24, 2.45) is 0 Å². The van der Waals surface area contributed by atoms with Crippen molar-refractivity contribution < 1.29 is 0 Å². The summed E-state index contributed by atoms with van der Waals surface area (Å²) < 4.78 is 1.87. The molecule has 2 rings (SSSR count). The Balaban J connectivity index is 2.27. The van der Waals surface area contributed by atoms with Crippen LogP contribution < -0.4 is 5.32 Å². The van der Waals surface area contributed by atoms with Gasteiger partial charge in [0.2, 0.25) is 5.13 Å². The molecule has 2 heterocycles. The van der Waals surface area contributed by atoms with Crippen LogP contribution in [0.2, 0.25) is 0 Å². The van der Waals surface area contributed by atoms with Crippen molar-refractivity contribution in [3.8, 4) is 5.13 Å². The van der Waals surface area contributed by atoms with Crippen molar-refractivity contribution in [2.45, 2.75) is 34.2 Å². The molecule has 0 radical (unpaired) electrons. The maximum atomic E-state index is 4.48. The summed E-state index contributed by atoms with van der Waals surface area (Å²) in [6.45, 7) is 9.93. The van der Waals surface area contributed by atoms with Gasteiger partial charge in [-0.1, -0.05) is 18.3 Å². The van der Waals surface area contributed by atoms with Gasteiger partial charge in [0.05, 0.1) is 5.69 Å². The minimum absolute atomic E-state index is 0.770. The first-order chi connectivity index (χ1) is 8.13. The Kier molecular flexibility index (Phi) is 3.54. The van der Waals surface area contributed by atoms with E-state index in [9.17, 15) is 0 Å². The van der Waals surface area contributed by atoms with Gasteiger partial charge in [-0.3, -0.25) is 0 Å². The van der Waals surface area contributed by atoms with E-state index in [4.69, 9.17) is 0 Å².